The highest BCUT2D eigenvalue weighted by molar-refractivity contribution is 7.99. The molecule has 1 amide bonds. The van der Waals surface area contributed by atoms with Crippen LogP contribution in [0.5, 0.6) is 0 Å². The molecule has 1 aromatic rings. The van der Waals surface area contributed by atoms with Gasteiger partial charge in [-0.25, -0.2) is 0 Å². The molecule has 0 aromatic heterocycles. The lowest BCUT2D eigenvalue weighted by atomic mass is 10.1. The number of anilines is 1. The van der Waals surface area contributed by atoms with Crippen molar-refractivity contribution in [3.8, 4) is 0 Å². The van der Waals surface area contributed by atoms with Crippen LogP contribution in [0, 0.1) is 6.92 Å². The number of thioether (sulfide) groups is 1. The van der Waals surface area contributed by atoms with Crippen LogP contribution in [-0.2, 0) is 16.1 Å². The summed E-state index contributed by atoms with van der Waals surface area (Å²) >= 11 is 2.02. The van der Waals surface area contributed by atoms with Gasteiger partial charge < -0.3 is 15.0 Å². The van der Waals surface area contributed by atoms with Crippen LogP contribution in [0.15, 0.2) is 18.2 Å². The van der Waals surface area contributed by atoms with Crippen molar-refractivity contribution in [1.29, 1.82) is 0 Å². The van der Waals surface area contributed by atoms with Gasteiger partial charge in [0.2, 0.25) is 0 Å². The fourth-order valence-corrected chi connectivity index (χ4v) is 4.12. The van der Waals surface area contributed by atoms with Crippen molar-refractivity contribution < 1.29 is 9.53 Å². The Bertz CT molecular complexity index is 575. The summed E-state index contributed by atoms with van der Waals surface area (Å²) < 4.78 is 5.61. The van der Waals surface area contributed by atoms with E-state index >= 15 is 0 Å². The molecule has 0 spiro atoms. The minimum absolute atomic E-state index is 0.0452. The molecular formula is C18H27N3O2S. The van der Waals surface area contributed by atoms with E-state index in [4.69, 9.17) is 4.74 Å². The van der Waals surface area contributed by atoms with E-state index in [9.17, 15) is 4.79 Å². The summed E-state index contributed by atoms with van der Waals surface area (Å²) in [7, 11) is 2.02. The lowest BCUT2D eigenvalue weighted by Gasteiger charge is -2.29. The monoisotopic (exact) mass is 349 g/mol. The average Bonchev–Trinajstić information content (AvgIpc) is 2.59. The molecule has 2 fully saturated rings. The number of ether oxygens (including phenoxy) is 1. The van der Waals surface area contributed by atoms with Crippen molar-refractivity contribution in [2.75, 3.05) is 56.7 Å². The zero-order chi connectivity index (χ0) is 16.9. The van der Waals surface area contributed by atoms with Gasteiger partial charge in [0.05, 0.1) is 6.61 Å². The molecule has 2 aliphatic heterocycles. The van der Waals surface area contributed by atoms with E-state index in [0.717, 1.165) is 37.4 Å². The maximum absolute atomic E-state index is 12.5. The van der Waals surface area contributed by atoms with Crippen molar-refractivity contribution in [3.63, 3.8) is 0 Å². The number of hydrogen-bond donors (Lipinski definition) is 1. The fraction of sp³-hybridized carbons (Fsp3) is 0.611. The number of likely N-dealkylation sites (N-methyl/N-ethyl adjacent to an activating group) is 1. The Balaban J connectivity index is 1.65. The van der Waals surface area contributed by atoms with E-state index in [-0.39, 0.29) is 12.0 Å². The van der Waals surface area contributed by atoms with Gasteiger partial charge >= 0.3 is 0 Å². The molecule has 0 saturated carbocycles. The number of hydrogen-bond acceptors (Lipinski definition) is 5. The fourth-order valence-electron chi connectivity index (χ4n) is 3.14. The maximum atomic E-state index is 12.5. The number of benzene rings is 1. The second-order valence-electron chi connectivity index (χ2n) is 6.59. The summed E-state index contributed by atoms with van der Waals surface area (Å²) in [6.07, 6.45) is -0.383. The predicted octanol–water partition coefficient (Wildman–Crippen LogP) is 1.81. The van der Waals surface area contributed by atoms with Gasteiger partial charge in [-0.05, 0) is 31.2 Å². The number of nitrogens with zero attached hydrogens (tertiary/aromatic N) is 2. The van der Waals surface area contributed by atoms with Gasteiger partial charge in [0.15, 0.2) is 0 Å². The van der Waals surface area contributed by atoms with E-state index in [1.807, 2.05) is 30.9 Å². The molecule has 0 unspecified atom stereocenters. The van der Waals surface area contributed by atoms with Gasteiger partial charge in [-0.15, -0.1) is 0 Å². The largest absolute Gasteiger partial charge is 0.366 e. The van der Waals surface area contributed by atoms with Crippen LogP contribution in [-0.4, -0.2) is 73.2 Å². The molecule has 3 rings (SSSR count). The summed E-state index contributed by atoms with van der Waals surface area (Å²) in [5.41, 5.74) is 3.36. The third kappa shape index (κ3) is 4.51. The van der Waals surface area contributed by atoms with Crippen LogP contribution < -0.4 is 5.32 Å². The lowest BCUT2D eigenvalue weighted by Crippen LogP contribution is -2.46. The molecule has 5 nitrogen and oxygen atoms in total. The van der Waals surface area contributed by atoms with Gasteiger partial charge in [-0.2, -0.15) is 11.8 Å². The standard InChI is InChI=1S/C18H27N3O2S/c1-14-15(12-21-7-10-24-11-8-21)4-3-5-16(14)19-18(22)17-13-20(2)6-9-23-17/h3-5,17H,6-13H2,1-2H3,(H,19,22)/t17-/m0/s1. The molecule has 2 saturated heterocycles. The molecule has 2 heterocycles. The highest BCUT2D eigenvalue weighted by Gasteiger charge is 2.25. The van der Waals surface area contributed by atoms with Crippen molar-refractivity contribution in [2.45, 2.75) is 19.6 Å². The zero-order valence-corrected chi connectivity index (χ0v) is 15.4. The van der Waals surface area contributed by atoms with E-state index < -0.39 is 0 Å². The summed E-state index contributed by atoms with van der Waals surface area (Å²) in [6, 6.07) is 6.18. The van der Waals surface area contributed by atoms with Crippen molar-refractivity contribution in [1.82, 2.24) is 9.80 Å². The molecule has 0 aliphatic carbocycles. The van der Waals surface area contributed by atoms with E-state index in [0.29, 0.717) is 13.2 Å². The number of amides is 1. The van der Waals surface area contributed by atoms with Crippen LogP contribution in [0.4, 0.5) is 5.69 Å². The van der Waals surface area contributed by atoms with Crippen molar-refractivity contribution >= 4 is 23.4 Å². The normalized spacial score (nSPS) is 23.2. The molecule has 2 aliphatic rings. The summed E-state index contributed by atoms with van der Waals surface area (Å²) in [4.78, 5) is 17.1. The highest BCUT2D eigenvalue weighted by Crippen LogP contribution is 2.22. The lowest BCUT2D eigenvalue weighted by molar-refractivity contribution is -0.132. The number of carbonyl (C=O) groups is 1. The first-order valence-corrected chi connectivity index (χ1v) is 9.78. The Hall–Kier alpha value is -1.08. The highest BCUT2D eigenvalue weighted by atomic mass is 32.2. The third-order valence-corrected chi connectivity index (χ3v) is 5.71. The topological polar surface area (TPSA) is 44.8 Å². The molecule has 1 aromatic carbocycles. The Morgan fingerprint density at radius 3 is 2.88 bits per heavy atom. The quantitative estimate of drug-likeness (QED) is 0.898. The van der Waals surface area contributed by atoms with Crippen LogP contribution in [0.25, 0.3) is 0 Å². The van der Waals surface area contributed by atoms with E-state index in [2.05, 4.69) is 28.1 Å². The van der Waals surface area contributed by atoms with Crippen LogP contribution >= 0.6 is 11.8 Å². The zero-order valence-electron chi connectivity index (χ0n) is 14.6. The minimum atomic E-state index is -0.383. The number of nitrogens with one attached hydrogen (secondary N) is 1. The molecule has 0 radical (unpaired) electrons. The second kappa shape index (κ2) is 8.34. The van der Waals surface area contributed by atoms with Crippen molar-refractivity contribution in [3.05, 3.63) is 29.3 Å². The van der Waals surface area contributed by atoms with Gasteiger partial charge in [0, 0.05) is 49.9 Å². The first kappa shape index (κ1) is 17.7. The summed E-state index contributed by atoms with van der Waals surface area (Å²) in [6.45, 7) is 7.48. The Labute approximate surface area is 148 Å². The SMILES string of the molecule is Cc1c(CN2CCSCC2)cccc1NC(=O)[C@@H]1CN(C)CCO1. The van der Waals surface area contributed by atoms with E-state index in [1.165, 1.54) is 17.1 Å². The molecule has 132 valence electrons. The molecule has 6 heteroatoms. The maximum Gasteiger partial charge on any atom is 0.254 e. The smallest absolute Gasteiger partial charge is 0.254 e. The molecule has 24 heavy (non-hydrogen) atoms. The van der Waals surface area contributed by atoms with E-state index in [1.54, 1.807) is 0 Å². The summed E-state index contributed by atoms with van der Waals surface area (Å²) in [5.74, 6) is 2.38. The van der Waals surface area contributed by atoms with Crippen LogP contribution in [0.2, 0.25) is 0 Å². The summed E-state index contributed by atoms with van der Waals surface area (Å²) in [5, 5.41) is 3.06. The Kier molecular flexibility index (Phi) is 6.16. The van der Waals surface area contributed by atoms with Crippen molar-refractivity contribution in [2.24, 2.45) is 0 Å². The second-order valence-corrected chi connectivity index (χ2v) is 7.81. The Morgan fingerprint density at radius 1 is 1.33 bits per heavy atom. The molecule has 0 bridgehead atoms. The van der Waals surface area contributed by atoms with Gasteiger partial charge in [-0.3, -0.25) is 9.69 Å². The third-order valence-electron chi connectivity index (χ3n) is 4.76. The molecule has 1 N–H and O–H groups in total. The number of morpholine rings is 1. The number of carbonyl (C=O) groups excluding carboxylic acids is 1. The van der Waals surface area contributed by atoms with Gasteiger partial charge in [0.25, 0.3) is 5.91 Å². The van der Waals surface area contributed by atoms with Gasteiger partial charge in [0.1, 0.15) is 6.10 Å². The Morgan fingerprint density at radius 2 is 2.12 bits per heavy atom. The first-order valence-electron chi connectivity index (χ1n) is 8.63. The number of rotatable bonds is 4. The average molecular weight is 350 g/mol. The minimum Gasteiger partial charge on any atom is -0.366 e. The van der Waals surface area contributed by atoms with Crippen LogP contribution in [0.3, 0.4) is 0 Å². The predicted molar refractivity (Wildman–Crippen MR) is 99.6 cm³/mol. The molecule has 1 atom stereocenters. The first-order chi connectivity index (χ1) is 11.6. The van der Waals surface area contributed by atoms with Gasteiger partial charge in [-0.1, -0.05) is 12.1 Å². The van der Waals surface area contributed by atoms with Crippen LogP contribution in [0.1, 0.15) is 11.1 Å². The molecular weight excluding hydrogens is 322 g/mol.